The Kier molecular flexibility index (Phi) is 7.60. The van der Waals surface area contributed by atoms with E-state index >= 15 is 0 Å². The zero-order valence-electron chi connectivity index (χ0n) is 23.2. The van der Waals surface area contributed by atoms with Crippen LogP contribution in [0.5, 0.6) is 0 Å². The van der Waals surface area contributed by atoms with Crippen molar-refractivity contribution in [3.8, 4) is 0 Å². The molecule has 8 heteroatoms. The van der Waals surface area contributed by atoms with Gasteiger partial charge in [0.15, 0.2) is 0 Å². The second-order valence-corrected chi connectivity index (χ2v) is 12.1. The fraction of sp³-hybridized carbons (Fsp3) is 0.344. The molecule has 7 nitrogen and oxygen atoms in total. The summed E-state index contributed by atoms with van der Waals surface area (Å²) in [5, 5.41) is 3.36. The average molecular weight is 559 g/mol. The molecule has 2 heterocycles. The van der Waals surface area contributed by atoms with Crippen molar-refractivity contribution in [2.24, 2.45) is 0 Å². The summed E-state index contributed by atoms with van der Waals surface area (Å²) >= 11 is 6.05. The predicted molar refractivity (Wildman–Crippen MR) is 159 cm³/mol. The Hall–Kier alpha value is -3.84. The maximum absolute atomic E-state index is 14.0. The van der Waals surface area contributed by atoms with Crippen LogP contribution in [0.1, 0.15) is 49.5 Å². The molecule has 3 aromatic carbocycles. The van der Waals surface area contributed by atoms with E-state index < -0.39 is 5.54 Å². The van der Waals surface area contributed by atoms with E-state index in [1.54, 1.807) is 29.2 Å². The van der Waals surface area contributed by atoms with Crippen LogP contribution in [-0.2, 0) is 15.0 Å². The highest BCUT2D eigenvalue weighted by atomic mass is 35.5. The molecule has 2 fully saturated rings. The van der Waals surface area contributed by atoms with Gasteiger partial charge in [0, 0.05) is 35.1 Å². The zero-order valence-corrected chi connectivity index (χ0v) is 23.9. The first-order valence-electron chi connectivity index (χ1n) is 13.6. The van der Waals surface area contributed by atoms with Gasteiger partial charge in [0.2, 0.25) is 5.91 Å². The first-order valence-corrected chi connectivity index (χ1v) is 14.0. The Bertz CT molecular complexity index is 1390. The van der Waals surface area contributed by atoms with Gasteiger partial charge in [0.25, 0.3) is 11.8 Å². The normalized spacial score (nSPS) is 16.9. The summed E-state index contributed by atoms with van der Waals surface area (Å²) in [4.78, 5) is 45.8. The topological polar surface area (TPSA) is 73.0 Å². The minimum Gasteiger partial charge on any atom is -0.339 e. The van der Waals surface area contributed by atoms with Crippen LogP contribution >= 0.6 is 11.6 Å². The molecule has 5 rings (SSSR count). The van der Waals surface area contributed by atoms with Crippen molar-refractivity contribution in [3.05, 3.63) is 95.0 Å². The molecule has 1 spiro atoms. The van der Waals surface area contributed by atoms with E-state index in [1.807, 2.05) is 59.5 Å². The number of nitrogens with one attached hydrogen (secondary N) is 1. The van der Waals surface area contributed by atoms with E-state index in [9.17, 15) is 14.4 Å². The molecule has 0 aromatic heterocycles. The summed E-state index contributed by atoms with van der Waals surface area (Å²) in [6.07, 6.45) is 0.970. The van der Waals surface area contributed by atoms with Gasteiger partial charge in [-0.15, -0.1) is 0 Å². The van der Waals surface area contributed by atoms with Gasteiger partial charge in [-0.2, -0.15) is 0 Å². The van der Waals surface area contributed by atoms with Crippen molar-refractivity contribution in [3.63, 3.8) is 0 Å². The Balaban J connectivity index is 1.32. The van der Waals surface area contributed by atoms with Crippen LogP contribution in [0.4, 0.5) is 11.4 Å². The van der Waals surface area contributed by atoms with Crippen LogP contribution in [0.3, 0.4) is 0 Å². The van der Waals surface area contributed by atoms with E-state index in [-0.39, 0.29) is 29.7 Å². The lowest BCUT2D eigenvalue weighted by Crippen LogP contribution is -2.57. The van der Waals surface area contributed by atoms with Crippen LogP contribution in [0.15, 0.2) is 78.9 Å². The Labute approximate surface area is 240 Å². The van der Waals surface area contributed by atoms with Crippen LogP contribution < -0.4 is 10.2 Å². The van der Waals surface area contributed by atoms with Crippen molar-refractivity contribution in [1.82, 2.24) is 9.80 Å². The number of anilines is 2. The molecule has 2 saturated heterocycles. The second-order valence-electron chi connectivity index (χ2n) is 11.6. The molecule has 2 aliphatic rings. The summed E-state index contributed by atoms with van der Waals surface area (Å²) in [5.41, 5.74) is 2.54. The third-order valence-corrected chi connectivity index (χ3v) is 8.14. The summed E-state index contributed by atoms with van der Waals surface area (Å²) in [6.45, 7) is 7.59. The number of piperidine rings is 1. The third-order valence-electron chi connectivity index (χ3n) is 7.90. The van der Waals surface area contributed by atoms with E-state index in [0.29, 0.717) is 48.9 Å². The van der Waals surface area contributed by atoms with Gasteiger partial charge in [0.05, 0.1) is 6.67 Å². The number of hydrogen-bond donors (Lipinski definition) is 1. The van der Waals surface area contributed by atoms with Crippen LogP contribution in [0.25, 0.3) is 0 Å². The Morgan fingerprint density at radius 2 is 1.60 bits per heavy atom. The Morgan fingerprint density at radius 1 is 0.925 bits per heavy atom. The number of benzene rings is 3. The molecular formula is C32H35ClN4O3. The zero-order chi connectivity index (χ0) is 28.5. The van der Waals surface area contributed by atoms with Gasteiger partial charge < -0.3 is 20.0 Å². The van der Waals surface area contributed by atoms with Gasteiger partial charge in [-0.3, -0.25) is 14.4 Å². The van der Waals surface area contributed by atoms with Crippen LogP contribution in [0.2, 0.25) is 5.02 Å². The predicted octanol–water partition coefficient (Wildman–Crippen LogP) is 5.56. The van der Waals surface area contributed by atoms with E-state index in [1.165, 1.54) is 5.56 Å². The lowest BCUT2D eigenvalue weighted by atomic mass is 9.84. The number of likely N-dealkylation sites (tertiary alicyclic amines) is 1. The maximum Gasteiger partial charge on any atom is 0.253 e. The van der Waals surface area contributed by atoms with Gasteiger partial charge >= 0.3 is 0 Å². The monoisotopic (exact) mass is 558 g/mol. The number of rotatable bonds is 5. The molecule has 0 bridgehead atoms. The molecule has 0 radical (unpaired) electrons. The molecule has 0 saturated carbocycles. The highest BCUT2D eigenvalue weighted by molar-refractivity contribution is 6.30. The second kappa shape index (κ2) is 11.0. The molecule has 0 unspecified atom stereocenters. The van der Waals surface area contributed by atoms with E-state index in [2.05, 4.69) is 31.0 Å². The number of amides is 3. The van der Waals surface area contributed by atoms with Crippen molar-refractivity contribution < 1.29 is 14.4 Å². The third kappa shape index (κ3) is 5.56. The van der Waals surface area contributed by atoms with Gasteiger partial charge in [-0.25, -0.2) is 0 Å². The number of hydrogen-bond acceptors (Lipinski definition) is 4. The number of para-hydroxylation sites is 1. The first kappa shape index (κ1) is 27.7. The number of carbonyl (C=O) groups is 3. The summed E-state index contributed by atoms with van der Waals surface area (Å²) in [7, 11) is 0. The van der Waals surface area contributed by atoms with Gasteiger partial charge in [-0.05, 0) is 66.3 Å². The van der Waals surface area contributed by atoms with Crippen LogP contribution in [0, 0.1) is 0 Å². The van der Waals surface area contributed by atoms with Crippen molar-refractivity contribution >= 4 is 40.7 Å². The maximum atomic E-state index is 14.0. The molecule has 208 valence electrons. The molecule has 1 N–H and O–H groups in total. The highest BCUT2D eigenvalue weighted by Crippen LogP contribution is 2.39. The number of halogens is 1. The molecule has 40 heavy (non-hydrogen) atoms. The van der Waals surface area contributed by atoms with Crippen molar-refractivity contribution in [2.45, 2.75) is 44.6 Å². The fourth-order valence-corrected chi connectivity index (χ4v) is 5.83. The van der Waals surface area contributed by atoms with Gasteiger partial charge in [-0.1, -0.05) is 68.8 Å². The standard InChI is InChI=1S/C32H35ClN4O3/c1-31(2,3)24-14-12-23(13-15-24)29(39)35-18-16-32(17-19-35)30(40)36(22-37(32)27-10-5-4-6-11-27)21-28(38)34-26-9-7-8-25(33)20-26/h4-15,20H,16-19,21-22H2,1-3H3,(H,34,38). The van der Waals surface area contributed by atoms with Crippen molar-refractivity contribution in [1.29, 1.82) is 0 Å². The summed E-state index contributed by atoms with van der Waals surface area (Å²) < 4.78 is 0. The Morgan fingerprint density at radius 3 is 2.23 bits per heavy atom. The molecule has 2 aliphatic heterocycles. The van der Waals surface area contributed by atoms with Crippen LogP contribution in [-0.4, -0.2) is 59.4 Å². The summed E-state index contributed by atoms with van der Waals surface area (Å²) in [6, 6.07) is 24.6. The van der Waals surface area contributed by atoms with Crippen molar-refractivity contribution in [2.75, 3.05) is 36.5 Å². The lowest BCUT2D eigenvalue weighted by Gasteiger charge is -2.43. The lowest BCUT2D eigenvalue weighted by molar-refractivity contribution is -0.136. The SMILES string of the molecule is CC(C)(C)c1ccc(C(=O)N2CCC3(CC2)C(=O)N(CC(=O)Nc2cccc(Cl)c2)CN3c2ccccc2)cc1. The van der Waals surface area contributed by atoms with E-state index in [0.717, 1.165) is 5.69 Å². The molecule has 3 aromatic rings. The first-order chi connectivity index (χ1) is 19.1. The smallest absolute Gasteiger partial charge is 0.253 e. The average Bonchev–Trinajstić information content (AvgIpc) is 3.19. The molecule has 0 atom stereocenters. The largest absolute Gasteiger partial charge is 0.339 e. The minimum atomic E-state index is -0.815. The van der Waals surface area contributed by atoms with E-state index in [4.69, 9.17) is 11.6 Å². The highest BCUT2D eigenvalue weighted by Gasteiger charge is 2.54. The minimum absolute atomic E-state index is 0.0136. The summed E-state index contributed by atoms with van der Waals surface area (Å²) in [5.74, 6) is -0.393. The number of carbonyl (C=O) groups excluding carboxylic acids is 3. The quantitative estimate of drug-likeness (QED) is 0.445. The number of nitrogens with zero attached hydrogens (tertiary/aromatic N) is 3. The molecule has 0 aliphatic carbocycles. The van der Waals surface area contributed by atoms with Gasteiger partial charge in [0.1, 0.15) is 12.1 Å². The molecule has 3 amide bonds. The molecular weight excluding hydrogens is 524 g/mol. The fourth-order valence-electron chi connectivity index (χ4n) is 5.64.